The number of halogens is 1. The molecule has 0 radical (unpaired) electrons. The van der Waals surface area contributed by atoms with Gasteiger partial charge in [-0.15, -0.1) is 0 Å². The van der Waals surface area contributed by atoms with Crippen molar-refractivity contribution < 1.29 is 8.42 Å². The molecule has 0 bridgehead atoms. The van der Waals surface area contributed by atoms with Crippen LogP contribution in [-0.2, 0) is 9.84 Å². The molecule has 5 heteroatoms. The maximum absolute atomic E-state index is 13.0. The SMILES string of the molecule is CCNC1CC(C)CC(C)C1S(=O)(=O)c1ccc(Cl)cc1. The van der Waals surface area contributed by atoms with Crippen molar-refractivity contribution in [3.8, 4) is 0 Å². The molecule has 0 aliphatic heterocycles. The van der Waals surface area contributed by atoms with E-state index in [4.69, 9.17) is 11.6 Å². The maximum Gasteiger partial charge on any atom is 0.183 e. The Morgan fingerprint density at radius 2 is 1.81 bits per heavy atom. The monoisotopic (exact) mass is 329 g/mol. The van der Waals surface area contributed by atoms with Crippen molar-refractivity contribution in [2.45, 2.75) is 49.8 Å². The maximum atomic E-state index is 13.0. The molecule has 0 heterocycles. The van der Waals surface area contributed by atoms with Gasteiger partial charge in [0.2, 0.25) is 0 Å². The van der Waals surface area contributed by atoms with Gasteiger partial charge in [0.25, 0.3) is 0 Å². The summed E-state index contributed by atoms with van der Waals surface area (Å²) in [6.45, 7) is 7.07. The van der Waals surface area contributed by atoms with E-state index in [1.165, 1.54) is 0 Å². The molecule has 4 atom stereocenters. The van der Waals surface area contributed by atoms with Crippen molar-refractivity contribution in [1.82, 2.24) is 5.32 Å². The fourth-order valence-corrected chi connectivity index (χ4v) is 5.91. The zero-order valence-electron chi connectivity index (χ0n) is 12.8. The van der Waals surface area contributed by atoms with Crippen molar-refractivity contribution in [3.63, 3.8) is 0 Å². The number of hydrogen-bond acceptors (Lipinski definition) is 3. The Bertz CT molecular complexity index is 570. The highest BCUT2D eigenvalue weighted by atomic mass is 35.5. The Morgan fingerprint density at radius 1 is 1.19 bits per heavy atom. The van der Waals surface area contributed by atoms with E-state index in [-0.39, 0.29) is 17.2 Å². The lowest BCUT2D eigenvalue weighted by molar-refractivity contribution is 0.244. The van der Waals surface area contributed by atoms with E-state index in [0.29, 0.717) is 15.8 Å². The second-order valence-electron chi connectivity index (χ2n) is 6.18. The molecule has 0 aromatic heterocycles. The van der Waals surface area contributed by atoms with Crippen LogP contribution in [0.25, 0.3) is 0 Å². The van der Waals surface area contributed by atoms with E-state index < -0.39 is 9.84 Å². The first-order valence-corrected chi connectivity index (χ1v) is 9.51. The third-order valence-corrected chi connectivity index (χ3v) is 7.05. The van der Waals surface area contributed by atoms with E-state index in [9.17, 15) is 8.42 Å². The minimum atomic E-state index is -3.34. The van der Waals surface area contributed by atoms with Crippen LogP contribution in [0.2, 0.25) is 5.02 Å². The lowest BCUT2D eigenvalue weighted by atomic mass is 9.80. The summed E-state index contributed by atoms with van der Waals surface area (Å²) in [5, 5.41) is 3.57. The van der Waals surface area contributed by atoms with Gasteiger partial charge in [0.15, 0.2) is 9.84 Å². The average Bonchev–Trinajstić information content (AvgIpc) is 2.38. The van der Waals surface area contributed by atoms with E-state index >= 15 is 0 Å². The van der Waals surface area contributed by atoms with E-state index in [1.807, 2.05) is 6.92 Å². The van der Waals surface area contributed by atoms with Crippen LogP contribution in [0.1, 0.15) is 33.6 Å². The van der Waals surface area contributed by atoms with E-state index in [1.54, 1.807) is 24.3 Å². The minimum Gasteiger partial charge on any atom is -0.313 e. The summed E-state index contributed by atoms with van der Waals surface area (Å²) < 4.78 is 26.0. The number of hydrogen-bond donors (Lipinski definition) is 1. The van der Waals surface area contributed by atoms with Crippen molar-refractivity contribution in [2.75, 3.05) is 6.54 Å². The fraction of sp³-hybridized carbons (Fsp3) is 0.625. The van der Waals surface area contributed by atoms with Gasteiger partial charge < -0.3 is 5.32 Å². The predicted octanol–water partition coefficient (Wildman–Crippen LogP) is 3.53. The molecule has 21 heavy (non-hydrogen) atoms. The molecule has 0 spiro atoms. The molecular weight excluding hydrogens is 306 g/mol. The first kappa shape index (κ1) is 16.8. The molecule has 2 rings (SSSR count). The Kier molecular flexibility index (Phi) is 5.33. The first-order valence-electron chi connectivity index (χ1n) is 7.59. The van der Waals surface area contributed by atoms with Crippen LogP contribution in [0.15, 0.2) is 29.2 Å². The van der Waals surface area contributed by atoms with Gasteiger partial charge in [0, 0.05) is 11.1 Å². The standard InChI is InChI=1S/C16H24ClNO2S/c1-4-18-15-10-11(2)9-12(3)16(15)21(19,20)14-7-5-13(17)6-8-14/h5-8,11-12,15-16,18H,4,9-10H2,1-3H3. The molecule has 1 aliphatic carbocycles. The van der Waals surface area contributed by atoms with Gasteiger partial charge in [0.1, 0.15) is 0 Å². The Hall–Kier alpha value is -0.580. The summed E-state index contributed by atoms with van der Waals surface area (Å²) in [6.07, 6.45) is 1.87. The summed E-state index contributed by atoms with van der Waals surface area (Å²) in [6, 6.07) is 6.55. The molecular formula is C16H24ClNO2S. The molecule has 1 aromatic carbocycles. The van der Waals surface area contributed by atoms with Crippen LogP contribution in [0.4, 0.5) is 0 Å². The zero-order chi connectivity index (χ0) is 15.6. The van der Waals surface area contributed by atoms with Crippen molar-refractivity contribution in [3.05, 3.63) is 29.3 Å². The average molecular weight is 330 g/mol. The lowest BCUT2D eigenvalue weighted by Crippen LogP contribution is -2.51. The van der Waals surface area contributed by atoms with Crippen molar-refractivity contribution in [2.24, 2.45) is 11.8 Å². The number of rotatable bonds is 4. The molecule has 1 fully saturated rings. The molecule has 1 aromatic rings. The van der Waals surface area contributed by atoms with Gasteiger partial charge in [-0.3, -0.25) is 0 Å². The van der Waals surface area contributed by atoms with Crippen molar-refractivity contribution >= 4 is 21.4 Å². The summed E-state index contributed by atoms with van der Waals surface area (Å²) in [4.78, 5) is 0.376. The highest BCUT2D eigenvalue weighted by molar-refractivity contribution is 7.92. The fourth-order valence-electron chi connectivity index (χ4n) is 3.59. The molecule has 1 saturated carbocycles. The second kappa shape index (κ2) is 6.67. The smallest absolute Gasteiger partial charge is 0.183 e. The molecule has 118 valence electrons. The molecule has 3 nitrogen and oxygen atoms in total. The van der Waals surface area contributed by atoms with Crippen molar-refractivity contribution in [1.29, 1.82) is 0 Å². The lowest BCUT2D eigenvalue weighted by Gasteiger charge is -2.39. The van der Waals surface area contributed by atoms with Gasteiger partial charge in [-0.05, 0) is 55.5 Å². The number of sulfone groups is 1. The molecule has 0 amide bonds. The van der Waals surface area contributed by atoms with Crippen LogP contribution >= 0.6 is 11.6 Å². The largest absolute Gasteiger partial charge is 0.313 e. The molecule has 0 saturated heterocycles. The van der Waals surface area contributed by atoms with Gasteiger partial charge in [-0.25, -0.2) is 8.42 Å². The zero-order valence-corrected chi connectivity index (χ0v) is 14.4. The van der Waals surface area contributed by atoms with Crippen LogP contribution < -0.4 is 5.32 Å². The molecule has 1 aliphatic rings. The van der Waals surface area contributed by atoms with E-state index in [2.05, 4.69) is 19.2 Å². The Balaban J connectivity index is 2.37. The summed E-state index contributed by atoms with van der Waals surface area (Å²) in [7, 11) is -3.34. The van der Waals surface area contributed by atoms with Gasteiger partial charge in [-0.1, -0.05) is 32.4 Å². The number of benzene rings is 1. The topological polar surface area (TPSA) is 46.2 Å². The Morgan fingerprint density at radius 3 is 2.38 bits per heavy atom. The van der Waals surface area contributed by atoms with Gasteiger partial charge in [-0.2, -0.15) is 0 Å². The van der Waals surface area contributed by atoms with Gasteiger partial charge in [0.05, 0.1) is 10.1 Å². The highest BCUT2D eigenvalue weighted by Crippen LogP contribution is 2.36. The Labute approximate surface area is 133 Å². The third-order valence-electron chi connectivity index (χ3n) is 4.35. The quantitative estimate of drug-likeness (QED) is 0.919. The molecule has 1 N–H and O–H groups in total. The number of nitrogens with one attached hydrogen (secondary N) is 1. The van der Waals surface area contributed by atoms with Crippen LogP contribution in [0.5, 0.6) is 0 Å². The summed E-state index contributed by atoms with van der Waals surface area (Å²) >= 11 is 5.87. The summed E-state index contributed by atoms with van der Waals surface area (Å²) in [5.41, 5.74) is 0. The highest BCUT2D eigenvalue weighted by Gasteiger charge is 2.42. The molecule has 4 unspecified atom stereocenters. The minimum absolute atomic E-state index is 0.0226. The van der Waals surface area contributed by atoms with Crippen LogP contribution in [0, 0.1) is 11.8 Å². The predicted molar refractivity (Wildman–Crippen MR) is 87.5 cm³/mol. The first-order chi connectivity index (χ1) is 9.86. The van der Waals surface area contributed by atoms with Crippen LogP contribution in [-0.4, -0.2) is 26.3 Å². The third kappa shape index (κ3) is 3.61. The summed E-state index contributed by atoms with van der Waals surface area (Å²) in [5.74, 6) is 0.708. The van der Waals surface area contributed by atoms with E-state index in [0.717, 1.165) is 19.4 Å². The van der Waals surface area contributed by atoms with Crippen LogP contribution in [0.3, 0.4) is 0 Å². The normalized spacial score (nSPS) is 30.3. The second-order valence-corrected chi connectivity index (χ2v) is 8.72. The van der Waals surface area contributed by atoms with Gasteiger partial charge >= 0.3 is 0 Å².